The van der Waals surface area contributed by atoms with Crippen LogP contribution in [-0.4, -0.2) is 10.8 Å². The number of aryl methyl sites for hydroxylation is 1. The zero-order valence-electron chi connectivity index (χ0n) is 12.3. The first-order valence-electron chi connectivity index (χ1n) is 7.06. The van der Waals surface area contributed by atoms with Gasteiger partial charge in [-0.25, -0.2) is 0 Å². The van der Waals surface area contributed by atoms with E-state index in [1.54, 1.807) is 0 Å². The number of aliphatic imine (C=N–C) groups is 1. The highest BCUT2D eigenvalue weighted by Gasteiger charge is 1.98. The molecule has 0 aliphatic rings. The maximum absolute atomic E-state index is 4.54. The lowest BCUT2D eigenvalue weighted by Crippen LogP contribution is -1.96. The second kappa shape index (κ2) is 5.80. The van der Waals surface area contributed by atoms with E-state index >= 15 is 0 Å². The third-order valence-corrected chi connectivity index (χ3v) is 3.73. The van der Waals surface area contributed by atoms with Crippen molar-refractivity contribution in [3.8, 4) is 11.1 Å². The van der Waals surface area contributed by atoms with Crippen LogP contribution in [0.15, 0.2) is 71.7 Å². The molecule has 0 spiro atoms. The van der Waals surface area contributed by atoms with Gasteiger partial charge in [0.05, 0.1) is 17.6 Å². The molecule has 0 atom stereocenters. The van der Waals surface area contributed by atoms with Crippen molar-refractivity contribution in [3.63, 3.8) is 0 Å². The van der Waals surface area contributed by atoms with Crippen LogP contribution in [0.1, 0.15) is 11.4 Å². The fraction of sp³-hybridized carbons (Fsp3) is 0.105. The maximum atomic E-state index is 4.54. The molecule has 3 aromatic rings. The van der Waals surface area contributed by atoms with E-state index in [0.29, 0.717) is 0 Å². The van der Waals surface area contributed by atoms with Crippen molar-refractivity contribution in [1.29, 1.82) is 0 Å². The van der Waals surface area contributed by atoms with Crippen LogP contribution < -0.4 is 0 Å². The van der Waals surface area contributed by atoms with Gasteiger partial charge in [0.1, 0.15) is 0 Å². The summed E-state index contributed by atoms with van der Waals surface area (Å²) in [6.45, 7) is 2.09. The van der Waals surface area contributed by atoms with E-state index < -0.39 is 0 Å². The highest BCUT2D eigenvalue weighted by molar-refractivity contribution is 5.80. The lowest BCUT2D eigenvalue weighted by molar-refractivity contribution is 0.874. The van der Waals surface area contributed by atoms with Crippen molar-refractivity contribution in [1.82, 2.24) is 4.57 Å². The standard InChI is InChI=1S/C19H18N2/c1-15-8-13-19(21(15)2)14-20-18-11-9-17(10-12-18)16-6-4-3-5-7-16/h3-14H,1-2H3. The molecule has 0 aliphatic carbocycles. The molecule has 2 heteroatoms. The van der Waals surface area contributed by atoms with Gasteiger partial charge in [-0.1, -0.05) is 42.5 Å². The number of nitrogens with zero attached hydrogens (tertiary/aromatic N) is 2. The largest absolute Gasteiger partial charge is 0.347 e. The molecule has 1 heterocycles. The minimum atomic E-state index is 0.966. The van der Waals surface area contributed by atoms with Gasteiger partial charge in [0.2, 0.25) is 0 Å². The van der Waals surface area contributed by atoms with Gasteiger partial charge >= 0.3 is 0 Å². The zero-order valence-corrected chi connectivity index (χ0v) is 12.3. The van der Waals surface area contributed by atoms with Crippen LogP contribution in [0.3, 0.4) is 0 Å². The molecule has 0 N–H and O–H groups in total. The first-order valence-corrected chi connectivity index (χ1v) is 7.06. The molecule has 2 aromatic carbocycles. The summed E-state index contributed by atoms with van der Waals surface area (Å²) in [7, 11) is 2.05. The Hall–Kier alpha value is -2.61. The molecule has 0 bridgehead atoms. The molecule has 2 nitrogen and oxygen atoms in total. The fourth-order valence-corrected chi connectivity index (χ4v) is 2.27. The molecule has 104 valence electrons. The van der Waals surface area contributed by atoms with Crippen LogP contribution in [0.25, 0.3) is 11.1 Å². The number of hydrogen-bond acceptors (Lipinski definition) is 1. The summed E-state index contributed by atoms with van der Waals surface area (Å²) in [5, 5.41) is 0. The Balaban J connectivity index is 1.80. The summed E-state index contributed by atoms with van der Waals surface area (Å²) in [6.07, 6.45) is 1.91. The van der Waals surface area contributed by atoms with Gasteiger partial charge in [-0.3, -0.25) is 4.99 Å². The van der Waals surface area contributed by atoms with E-state index in [4.69, 9.17) is 0 Å². The van der Waals surface area contributed by atoms with Crippen molar-refractivity contribution < 1.29 is 0 Å². The van der Waals surface area contributed by atoms with Crippen LogP contribution in [0, 0.1) is 6.92 Å². The highest BCUT2D eigenvalue weighted by Crippen LogP contribution is 2.22. The van der Waals surface area contributed by atoms with Crippen molar-refractivity contribution in [2.75, 3.05) is 0 Å². The monoisotopic (exact) mass is 274 g/mol. The van der Waals surface area contributed by atoms with E-state index in [1.807, 2.05) is 12.3 Å². The summed E-state index contributed by atoms with van der Waals surface area (Å²) in [6, 6.07) is 22.9. The molecule has 0 fully saturated rings. The number of hydrogen-bond donors (Lipinski definition) is 0. The molecule has 3 rings (SSSR count). The lowest BCUT2D eigenvalue weighted by atomic mass is 10.1. The second-order valence-electron chi connectivity index (χ2n) is 5.13. The van der Waals surface area contributed by atoms with Gasteiger partial charge in [0.15, 0.2) is 0 Å². The van der Waals surface area contributed by atoms with Gasteiger partial charge in [-0.05, 0) is 42.3 Å². The molecule has 0 amide bonds. The second-order valence-corrected chi connectivity index (χ2v) is 5.13. The van der Waals surface area contributed by atoms with Crippen molar-refractivity contribution in [2.24, 2.45) is 12.0 Å². The van der Waals surface area contributed by atoms with Crippen LogP contribution in [0.2, 0.25) is 0 Å². The summed E-state index contributed by atoms with van der Waals surface area (Å²) < 4.78 is 2.13. The average Bonchev–Trinajstić information content (AvgIpc) is 2.86. The normalized spacial score (nSPS) is 11.1. The summed E-state index contributed by atoms with van der Waals surface area (Å²) in [5.74, 6) is 0. The van der Waals surface area contributed by atoms with Crippen molar-refractivity contribution >= 4 is 11.9 Å². The van der Waals surface area contributed by atoms with Crippen LogP contribution >= 0.6 is 0 Å². The Labute approximate surface area is 125 Å². The van der Waals surface area contributed by atoms with E-state index in [0.717, 1.165) is 11.4 Å². The van der Waals surface area contributed by atoms with Crippen LogP contribution in [0.5, 0.6) is 0 Å². The smallest absolute Gasteiger partial charge is 0.0630 e. The predicted molar refractivity (Wildman–Crippen MR) is 89.3 cm³/mol. The quantitative estimate of drug-likeness (QED) is 0.613. The first kappa shape index (κ1) is 13.4. The van der Waals surface area contributed by atoms with Crippen molar-refractivity contribution in [3.05, 3.63) is 78.1 Å². The van der Waals surface area contributed by atoms with E-state index in [2.05, 4.69) is 84.2 Å². The van der Waals surface area contributed by atoms with Crippen LogP contribution in [-0.2, 0) is 7.05 Å². The molecule has 21 heavy (non-hydrogen) atoms. The summed E-state index contributed by atoms with van der Waals surface area (Å²) in [4.78, 5) is 4.54. The maximum Gasteiger partial charge on any atom is 0.0630 e. The SMILES string of the molecule is Cc1ccc(C=Nc2ccc(-c3ccccc3)cc2)n1C. The van der Waals surface area contributed by atoms with Crippen LogP contribution in [0.4, 0.5) is 5.69 Å². The van der Waals surface area contributed by atoms with E-state index in [9.17, 15) is 0 Å². The molecule has 0 radical (unpaired) electrons. The minimum Gasteiger partial charge on any atom is -0.347 e. The lowest BCUT2D eigenvalue weighted by Gasteiger charge is -2.02. The van der Waals surface area contributed by atoms with E-state index in [-0.39, 0.29) is 0 Å². The van der Waals surface area contributed by atoms with Gasteiger partial charge in [0, 0.05) is 12.7 Å². The van der Waals surface area contributed by atoms with Gasteiger partial charge < -0.3 is 4.57 Å². The Morgan fingerprint density at radius 1 is 0.810 bits per heavy atom. The molecule has 0 aliphatic heterocycles. The molecule has 0 unspecified atom stereocenters. The average molecular weight is 274 g/mol. The summed E-state index contributed by atoms with van der Waals surface area (Å²) >= 11 is 0. The van der Waals surface area contributed by atoms with E-state index in [1.165, 1.54) is 16.8 Å². The van der Waals surface area contributed by atoms with Gasteiger partial charge in [-0.2, -0.15) is 0 Å². The minimum absolute atomic E-state index is 0.966. The highest BCUT2D eigenvalue weighted by atomic mass is 15.0. The molecular formula is C19H18N2. The molecular weight excluding hydrogens is 256 g/mol. The number of benzene rings is 2. The third-order valence-electron chi connectivity index (χ3n) is 3.73. The Bertz CT molecular complexity index is 750. The topological polar surface area (TPSA) is 17.3 Å². The first-order chi connectivity index (χ1) is 10.2. The van der Waals surface area contributed by atoms with Gasteiger partial charge in [0.25, 0.3) is 0 Å². The Morgan fingerprint density at radius 2 is 1.48 bits per heavy atom. The fourth-order valence-electron chi connectivity index (χ4n) is 2.27. The third kappa shape index (κ3) is 2.95. The number of aromatic nitrogens is 1. The Kier molecular flexibility index (Phi) is 3.69. The predicted octanol–water partition coefficient (Wildman–Crippen LogP) is 4.75. The summed E-state index contributed by atoms with van der Waals surface area (Å²) in [5.41, 5.74) is 5.75. The molecule has 0 saturated carbocycles. The molecule has 0 saturated heterocycles. The zero-order chi connectivity index (χ0) is 14.7. The Morgan fingerprint density at radius 3 is 2.10 bits per heavy atom. The van der Waals surface area contributed by atoms with Crippen molar-refractivity contribution in [2.45, 2.75) is 6.92 Å². The van der Waals surface area contributed by atoms with Gasteiger partial charge in [-0.15, -0.1) is 0 Å². The number of rotatable bonds is 3. The molecule has 1 aromatic heterocycles.